The summed E-state index contributed by atoms with van der Waals surface area (Å²) in [6.45, 7) is 13.8. The Morgan fingerprint density at radius 3 is 2.08 bits per heavy atom. The molecule has 73 valence electrons. The van der Waals surface area contributed by atoms with Crippen LogP contribution in [0.25, 0.3) is 0 Å². The van der Waals surface area contributed by atoms with Crippen molar-refractivity contribution in [1.29, 1.82) is 0 Å². The Balaban J connectivity index is 3.12. The predicted molar refractivity (Wildman–Crippen MR) is 61.3 cm³/mol. The molecule has 0 atom stereocenters. The van der Waals surface area contributed by atoms with Crippen molar-refractivity contribution in [2.24, 2.45) is 0 Å². The van der Waals surface area contributed by atoms with Gasteiger partial charge in [-0.3, -0.25) is 0 Å². The second kappa shape index (κ2) is 5.94. The van der Waals surface area contributed by atoms with Crippen molar-refractivity contribution >= 4 is 16.9 Å². The first-order valence-corrected chi connectivity index (χ1v) is 11.2. The molecule has 1 radical (unpaired) electrons. The van der Waals surface area contributed by atoms with Gasteiger partial charge in [-0.05, 0) is 12.1 Å². The van der Waals surface area contributed by atoms with Gasteiger partial charge in [-0.15, -0.1) is 0 Å². The minimum absolute atomic E-state index is 0.0638. The quantitative estimate of drug-likeness (QED) is 0.476. The van der Waals surface area contributed by atoms with E-state index in [9.17, 15) is 0 Å². The molecule has 0 aromatic carbocycles. The van der Waals surface area contributed by atoms with Crippen LogP contribution in [0.1, 0.15) is 0 Å². The lowest BCUT2D eigenvalue weighted by Crippen LogP contribution is -2.22. The molecule has 0 saturated carbocycles. The maximum absolute atomic E-state index is 5.58. The number of hydrogen-bond donors (Lipinski definition) is 0. The molecular weight excluding hydrogens is 180 g/mol. The van der Waals surface area contributed by atoms with Gasteiger partial charge in [-0.2, -0.15) is 0 Å². The zero-order valence-corrected chi connectivity index (χ0v) is 11.2. The Morgan fingerprint density at radius 2 is 1.67 bits per heavy atom. The van der Waals surface area contributed by atoms with Gasteiger partial charge in [0.1, 0.15) is 0 Å². The molecule has 0 aromatic rings. The molecule has 0 spiro atoms. The van der Waals surface area contributed by atoms with E-state index in [1.807, 2.05) is 0 Å². The predicted octanol–water partition coefficient (Wildman–Crippen LogP) is 3.10. The zero-order chi connectivity index (χ0) is 9.61. The van der Waals surface area contributed by atoms with Gasteiger partial charge in [0.2, 0.25) is 0 Å². The van der Waals surface area contributed by atoms with Gasteiger partial charge in [-0.25, -0.2) is 0 Å². The average Bonchev–Trinajstić information content (AvgIpc) is 1.83. The Hall–Kier alpha value is 0.394. The summed E-state index contributed by atoms with van der Waals surface area (Å²) in [7, 11) is -0.915. The lowest BCUT2D eigenvalue weighted by Gasteiger charge is -2.15. The fourth-order valence-electron chi connectivity index (χ4n) is 0.757. The standard InChI is InChI=1S/C9H23OSi2/c1-11(2)8-6-10-7-9-12(3,4)5/h6-9H2,1-5H3. The van der Waals surface area contributed by atoms with E-state index >= 15 is 0 Å². The summed E-state index contributed by atoms with van der Waals surface area (Å²) in [5.41, 5.74) is 0. The molecule has 0 amide bonds. The molecule has 0 aliphatic rings. The first-order valence-electron chi connectivity index (χ1n) is 4.78. The molecule has 0 heterocycles. The van der Waals surface area contributed by atoms with E-state index in [-0.39, 0.29) is 8.80 Å². The van der Waals surface area contributed by atoms with Gasteiger partial charge >= 0.3 is 0 Å². The van der Waals surface area contributed by atoms with Crippen molar-refractivity contribution in [3.8, 4) is 0 Å². The summed E-state index contributed by atoms with van der Waals surface area (Å²) < 4.78 is 5.58. The van der Waals surface area contributed by atoms with Crippen molar-refractivity contribution < 1.29 is 4.74 Å². The molecule has 0 rings (SSSR count). The van der Waals surface area contributed by atoms with Crippen molar-refractivity contribution in [1.82, 2.24) is 0 Å². The lowest BCUT2D eigenvalue weighted by atomic mass is 10.8. The van der Waals surface area contributed by atoms with E-state index in [0.717, 1.165) is 13.2 Å². The average molecular weight is 203 g/mol. The molecule has 0 aromatic heterocycles. The summed E-state index contributed by atoms with van der Waals surface area (Å²) >= 11 is 0. The fourth-order valence-corrected chi connectivity index (χ4v) is 2.07. The number of rotatable bonds is 6. The third kappa shape index (κ3) is 10.4. The Bertz CT molecular complexity index is 108. The van der Waals surface area contributed by atoms with Crippen molar-refractivity contribution in [2.75, 3.05) is 13.2 Å². The van der Waals surface area contributed by atoms with Crippen LogP contribution in [0, 0.1) is 0 Å². The summed E-state index contributed by atoms with van der Waals surface area (Å²) in [4.78, 5) is 0. The van der Waals surface area contributed by atoms with Crippen LogP contribution in [0.3, 0.4) is 0 Å². The first-order chi connectivity index (χ1) is 5.42. The highest BCUT2D eigenvalue weighted by atomic mass is 28.3. The largest absolute Gasteiger partial charge is 0.382 e. The fraction of sp³-hybridized carbons (Fsp3) is 1.00. The molecular formula is C9H23OSi2. The highest BCUT2D eigenvalue weighted by Gasteiger charge is 2.11. The Morgan fingerprint density at radius 1 is 1.08 bits per heavy atom. The van der Waals surface area contributed by atoms with Crippen LogP contribution in [-0.4, -0.2) is 30.1 Å². The van der Waals surface area contributed by atoms with E-state index in [4.69, 9.17) is 4.74 Å². The van der Waals surface area contributed by atoms with Crippen molar-refractivity contribution in [3.05, 3.63) is 0 Å². The summed E-state index contributed by atoms with van der Waals surface area (Å²) in [6, 6.07) is 2.61. The highest BCUT2D eigenvalue weighted by molar-refractivity contribution is 6.76. The lowest BCUT2D eigenvalue weighted by molar-refractivity contribution is 0.160. The van der Waals surface area contributed by atoms with Crippen LogP contribution in [0.2, 0.25) is 44.8 Å². The minimum Gasteiger partial charge on any atom is -0.382 e. The summed E-state index contributed by atoms with van der Waals surface area (Å²) in [5.74, 6) is 0. The summed E-state index contributed by atoms with van der Waals surface area (Å²) in [5, 5.41) is 0. The number of hydrogen-bond acceptors (Lipinski definition) is 1. The third-order valence-electron chi connectivity index (χ3n) is 1.74. The van der Waals surface area contributed by atoms with E-state index in [1.165, 1.54) is 12.1 Å². The Kier molecular flexibility index (Phi) is 6.14. The maximum Gasteiger partial charge on any atom is 0.0466 e. The normalized spacial score (nSPS) is 12.5. The van der Waals surface area contributed by atoms with E-state index in [0.29, 0.717) is 0 Å². The van der Waals surface area contributed by atoms with Crippen molar-refractivity contribution in [3.63, 3.8) is 0 Å². The van der Waals surface area contributed by atoms with Gasteiger partial charge in [0, 0.05) is 30.1 Å². The third-order valence-corrected chi connectivity index (χ3v) is 4.65. The minimum atomic E-state index is -0.851. The van der Waals surface area contributed by atoms with E-state index in [2.05, 4.69) is 32.7 Å². The van der Waals surface area contributed by atoms with Crippen LogP contribution >= 0.6 is 0 Å². The first kappa shape index (κ1) is 12.4. The van der Waals surface area contributed by atoms with Crippen LogP contribution < -0.4 is 0 Å². The smallest absolute Gasteiger partial charge is 0.0466 e. The topological polar surface area (TPSA) is 9.23 Å². The maximum atomic E-state index is 5.58. The molecule has 12 heavy (non-hydrogen) atoms. The van der Waals surface area contributed by atoms with Crippen LogP contribution in [-0.2, 0) is 4.74 Å². The van der Waals surface area contributed by atoms with Gasteiger partial charge < -0.3 is 4.74 Å². The van der Waals surface area contributed by atoms with Crippen molar-refractivity contribution in [2.45, 2.75) is 44.8 Å². The van der Waals surface area contributed by atoms with Gasteiger partial charge in [0.25, 0.3) is 0 Å². The second-order valence-electron chi connectivity index (χ2n) is 4.88. The molecule has 0 fully saturated rings. The molecule has 1 nitrogen and oxygen atoms in total. The highest BCUT2D eigenvalue weighted by Crippen LogP contribution is 2.07. The number of ether oxygens (including phenoxy) is 1. The monoisotopic (exact) mass is 203 g/mol. The second-order valence-corrected chi connectivity index (χ2v) is 13.4. The van der Waals surface area contributed by atoms with Gasteiger partial charge in [0.15, 0.2) is 0 Å². The Labute approximate surface area is 80.1 Å². The van der Waals surface area contributed by atoms with Gasteiger partial charge in [0.05, 0.1) is 0 Å². The molecule has 3 heteroatoms. The molecule has 0 bridgehead atoms. The van der Waals surface area contributed by atoms with Gasteiger partial charge in [-0.1, -0.05) is 32.7 Å². The summed E-state index contributed by atoms with van der Waals surface area (Å²) in [6.07, 6.45) is 0. The zero-order valence-electron chi connectivity index (χ0n) is 9.24. The van der Waals surface area contributed by atoms with Crippen LogP contribution in [0.5, 0.6) is 0 Å². The molecule has 0 aliphatic carbocycles. The molecule has 0 aliphatic heterocycles. The molecule has 0 saturated heterocycles. The SMILES string of the molecule is C[Si](C)CCOCC[Si](C)(C)C. The van der Waals surface area contributed by atoms with E-state index in [1.54, 1.807) is 0 Å². The molecule has 0 N–H and O–H groups in total. The van der Waals surface area contributed by atoms with E-state index < -0.39 is 8.07 Å². The molecule has 0 unspecified atom stereocenters. The van der Waals surface area contributed by atoms with Crippen LogP contribution in [0.15, 0.2) is 0 Å². The van der Waals surface area contributed by atoms with Crippen LogP contribution in [0.4, 0.5) is 0 Å².